The Morgan fingerprint density at radius 3 is 2.63 bits per heavy atom. The summed E-state index contributed by atoms with van der Waals surface area (Å²) in [7, 11) is 1.72. The summed E-state index contributed by atoms with van der Waals surface area (Å²) < 4.78 is 4.64. The smallest absolute Gasteiger partial charge is 0.262 e. The lowest BCUT2D eigenvalue weighted by Gasteiger charge is -2.07. The molecule has 3 heterocycles. The predicted octanol–water partition coefficient (Wildman–Crippen LogP) is 4.74. The lowest BCUT2D eigenvalue weighted by atomic mass is 10.2. The number of aromatic nitrogens is 4. The number of thiophene rings is 1. The van der Waals surface area contributed by atoms with Crippen LogP contribution in [0.4, 0.5) is 0 Å². The Labute approximate surface area is 167 Å². The van der Waals surface area contributed by atoms with E-state index in [2.05, 4.69) is 16.3 Å². The fraction of sp³-hybridized carbons (Fsp3) is 0.105. The second-order valence-corrected chi connectivity index (χ2v) is 8.58. The maximum absolute atomic E-state index is 12.5. The molecule has 0 bridgehead atoms. The van der Waals surface area contributed by atoms with Crippen LogP contribution in [0.25, 0.3) is 26.8 Å². The number of rotatable bonds is 3. The zero-order chi connectivity index (χ0) is 18.5. The van der Waals surface area contributed by atoms with Gasteiger partial charge in [-0.2, -0.15) is 0 Å². The zero-order valence-corrected chi connectivity index (χ0v) is 16.6. The van der Waals surface area contributed by atoms with Crippen LogP contribution < -0.4 is 5.56 Å². The van der Waals surface area contributed by atoms with E-state index in [4.69, 9.17) is 11.6 Å². The molecular weight excluding hydrogens is 400 g/mol. The summed E-state index contributed by atoms with van der Waals surface area (Å²) in [5, 5.41) is 11.8. The average Bonchev–Trinajstić information content (AvgIpc) is 3.26. The molecule has 2 aromatic carbocycles. The van der Waals surface area contributed by atoms with E-state index in [-0.39, 0.29) is 5.56 Å². The van der Waals surface area contributed by atoms with Gasteiger partial charge < -0.3 is 0 Å². The van der Waals surface area contributed by atoms with Crippen LogP contribution in [0.3, 0.4) is 0 Å². The van der Waals surface area contributed by atoms with E-state index in [1.165, 1.54) is 9.27 Å². The highest BCUT2D eigenvalue weighted by Crippen LogP contribution is 2.38. The van der Waals surface area contributed by atoms with Gasteiger partial charge in [0.25, 0.3) is 5.56 Å². The van der Waals surface area contributed by atoms with Gasteiger partial charge in [0.15, 0.2) is 5.16 Å². The van der Waals surface area contributed by atoms with E-state index >= 15 is 0 Å². The number of hydrogen-bond acceptors (Lipinski definition) is 5. The lowest BCUT2D eigenvalue weighted by Crippen LogP contribution is -2.20. The van der Waals surface area contributed by atoms with Crippen LogP contribution in [0.15, 0.2) is 58.5 Å². The summed E-state index contributed by atoms with van der Waals surface area (Å²) in [5.41, 5.74) is 0.736. The minimum Gasteiger partial charge on any atom is -0.279 e. The van der Waals surface area contributed by atoms with Crippen molar-refractivity contribution in [2.24, 2.45) is 7.05 Å². The topological polar surface area (TPSA) is 52.2 Å². The first-order chi connectivity index (χ1) is 13.1. The first kappa shape index (κ1) is 16.8. The molecule has 0 atom stereocenters. The number of halogens is 1. The van der Waals surface area contributed by atoms with Crippen molar-refractivity contribution >= 4 is 61.5 Å². The second-order valence-electron chi connectivity index (χ2n) is 6.12. The van der Waals surface area contributed by atoms with Gasteiger partial charge in [-0.25, -0.2) is 0 Å². The fourth-order valence-electron chi connectivity index (χ4n) is 3.19. The fourth-order valence-corrected chi connectivity index (χ4v) is 5.79. The van der Waals surface area contributed by atoms with Gasteiger partial charge in [0.05, 0.1) is 15.9 Å². The molecule has 0 aliphatic carbocycles. The zero-order valence-electron chi connectivity index (χ0n) is 14.2. The number of aryl methyl sites for hydroxylation is 1. The van der Waals surface area contributed by atoms with Gasteiger partial charge in [-0.05, 0) is 18.2 Å². The van der Waals surface area contributed by atoms with Gasteiger partial charge in [0.2, 0.25) is 5.78 Å². The maximum atomic E-state index is 12.5. The van der Waals surface area contributed by atoms with Gasteiger partial charge >= 0.3 is 0 Å². The van der Waals surface area contributed by atoms with Crippen molar-refractivity contribution in [3.8, 4) is 0 Å². The number of para-hydroxylation sites is 1. The third-order valence-electron chi connectivity index (χ3n) is 4.53. The van der Waals surface area contributed by atoms with Crippen LogP contribution in [-0.2, 0) is 12.8 Å². The molecule has 0 aliphatic heterocycles. The van der Waals surface area contributed by atoms with Crippen molar-refractivity contribution in [3.05, 3.63) is 68.8 Å². The molecular formula is C19H13ClN4OS2. The molecule has 5 rings (SSSR count). The minimum absolute atomic E-state index is 0.0744. The summed E-state index contributed by atoms with van der Waals surface area (Å²) >= 11 is 9.83. The van der Waals surface area contributed by atoms with Crippen molar-refractivity contribution in [2.75, 3.05) is 0 Å². The summed E-state index contributed by atoms with van der Waals surface area (Å²) in [4.78, 5) is 13.6. The highest BCUT2D eigenvalue weighted by Gasteiger charge is 2.16. The maximum Gasteiger partial charge on any atom is 0.262 e. The molecule has 3 aromatic heterocycles. The van der Waals surface area contributed by atoms with Gasteiger partial charge in [-0.3, -0.25) is 13.8 Å². The van der Waals surface area contributed by atoms with Crippen LogP contribution in [0.2, 0.25) is 5.02 Å². The molecule has 0 saturated carbocycles. The second kappa shape index (κ2) is 6.37. The van der Waals surface area contributed by atoms with Crippen LogP contribution in [0, 0.1) is 0 Å². The van der Waals surface area contributed by atoms with E-state index < -0.39 is 0 Å². The highest BCUT2D eigenvalue weighted by atomic mass is 35.5. The van der Waals surface area contributed by atoms with Crippen LogP contribution in [0.5, 0.6) is 0 Å². The molecule has 5 aromatic rings. The van der Waals surface area contributed by atoms with Gasteiger partial charge in [0, 0.05) is 27.8 Å². The van der Waals surface area contributed by atoms with Crippen molar-refractivity contribution < 1.29 is 0 Å². The Morgan fingerprint density at radius 1 is 1.07 bits per heavy atom. The molecule has 0 saturated heterocycles. The van der Waals surface area contributed by atoms with Crippen LogP contribution in [-0.4, -0.2) is 19.2 Å². The predicted molar refractivity (Wildman–Crippen MR) is 112 cm³/mol. The normalized spacial score (nSPS) is 11.8. The largest absolute Gasteiger partial charge is 0.279 e. The highest BCUT2D eigenvalue weighted by molar-refractivity contribution is 7.98. The summed E-state index contributed by atoms with van der Waals surface area (Å²) in [6.45, 7) is 0. The van der Waals surface area contributed by atoms with E-state index in [0.29, 0.717) is 16.9 Å². The molecule has 8 heteroatoms. The first-order valence-corrected chi connectivity index (χ1v) is 10.4. The molecule has 134 valence electrons. The number of benzene rings is 2. The minimum atomic E-state index is -0.0744. The average molecular weight is 413 g/mol. The Kier molecular flexibility index (Phi) is 3.96. The number of nitrogens with zero attached hydrogens (tertiary/aromatic N) is 4. The Hall–Kier alpha value is -2.35. The number of fused-ring (bicyclic) bond motifs is 4. The molecule has 0 N–H and O–H groups in total. The Balaban J connectivity index is 1.61. The van der Waals surface area contributed by atoms with E-state index in [0.717, 1.165) is 26.0 Å². The van der Waals surface area contributed by atoms with Crippen molar-refractivity contribution in [2.45, 2.75) is 10.9 Å². The van der Waals surface area contributed by atoms with Crippen molar-refractivity contribution in [1.29, 1.82) is 0 Å². The third-order valence-corrected chi connectivity index (χ3v) is 7.38. The summed E-state index contributed by atoms with van der Waals surface area (Å²) in [6.07, 6.45) is 0. The molecule has 0 amide bonds. The standard InChI is InChI=1S/C19H13ClN4OS2/c1-23-17(25)11-6-2-4-8-13(11)24-18(23)21-22-19(24)26-10-15-16(20)12-7-3-5-9-14(12)27-15/h2-9H,10H2,1H3. The molecule has 0 fully saturated rings. The molecule has 0 radical (unpaired) electrons. The molecule has 0 aliphatic rings. The molecule has 0 spiro atoms. The molecule has 0 unspecified atom stereocenters. The van der Waals surface area contributed by atoms with E-state index in [1.807, 2.05) is 46.9 Å². The summed E-state index contributed by atoms with van der Waals surface area (Å²) in [6, 6.07) is 15.7. The van der Waals surface area contributed by atoms with E-state index in [1.54, 1.807) is 30.1 Å². The number of hydrogen-bond donors (Lipinski definition) is 0. The monoisotopic (exact) mass is 412 g/mol. The van der Waals surface area contributed by atoms with Crippen molar-refractivity contribution in [1.82, 2.24) is 19.2 Å². The summed E-state index contributed by atoms with van der Waals surface area (Å²) in [5.74, 6) is 1.22. The van der Waals surface area contributed by atoms with Gasteiger partial charge in [-0.1, -0.05) is 53.7 Å². The SMILES string of the molecule is Cn1c(=O)c2ccccc2n2c(SCc3sc4ccccc4c3Cl)nnc12. The molecule has 5 nitrogen and oxygen atoms in total. The van der Waals surface area contributed by atoms with Crippen LogP contribution in [0.1, 0.15) is 4.88 Å². The number of thioether (sulfide) groups is 1. The first-order valence-electron chi connectivity index (χ1n) is 8.26. The van der Waals surface area contributed by atoms with Crippen molar-refractivity contribution in [3.63, 3.8) is 0 Å². The quantitative estimate of drug-likeness (QED) is 0.401. The van der Waals surface area contributed by atoms with Gasteiger partial charge in [0.1, 0.15) is 0 Å². The third kappa shape index (κ3) is 2.57. The Bertz CT molecular complexity index is 1390. The van der Waals surface area contributed by atoms with Crippen LogP contribution >= 0.6 is 34.7 Å². The van der Waals surface area contributed by atoms with E-state index in [9.17, 15) is 4.79 Å². The van der Waals surface area contributed by atoms with Gasteiger partial charge in [-0.15, -0.1) is 21.5 Å². The molecule has 27 heavy (non-hydrogen) atoms. The lowest BCUT2D eigenvalue weighted by molar-refractivity contribution is 0.853. The Morgan fingerprint density at radius 2 is 1.81 bits per heavy atom.